The highest BCUT2D eigenvalue weighted by Gasteiger charge is 2.10. The maximum atomic E-state index is 12.2. The molecule has 0 radical (unpaired) electrons. The van der Waals surface area contributed by atoms with Gasteiger partial charge >= 0.3 is 5.63 Å². The van der Waals surface area contributed by atoms with E-state index >= 15 is 0 Å². The number of carbonyl (C=O) groups is 1. The largest absolute Gasteiger partial charge is 0.457 e. The molecule has 0 bridgehead atoms. The summed E-state index contributed by atoms with van der Waals surface area (Å²) in [5, 5.41) is 7.11. The second-order valence-electron chi connectivity index (χ2n) is 6.59. The predicted octanol–water partition coefficient (Wildman–Crippen LogP) is 5.89. The molecule has 0 saturated heterocycles. The zero-order chi connectivity index (χ0) is 22.7. The molecule has 2 aromatic carbocycles. The number of furan rings is 1. The van der Waals surface area contributed by atoms with Crippen molar-refractivity contribution in [3.8, 4) is 11.3 Å². The van der Waals surface area contributed by atoms with Crippen LogP contribution in [0.15, 0.2) is 80.4 Å². The zero-order valence-corrected chi connectivity index (χ0v) is 18.6. The van der Waals surface area contributed by atoms with Gasteiger partial charge in [-0.15, -0.1) is 0 Å². The van der Waals surface area contributed by atoms with Crippen LogP contribution in [0.5, 0.6) is 0 Å². The third-order valence-corrected chi connectivity index (χ3v) is 5.38. The van der Waals surface area contributed by atoms with Crippen LogP contribution in [0.4, 0.5) is 5.69 Å². The normalized spacial score (nSPS) is 11.1. The molecule has 0 unspecified atom stereocenters. The number of nitrogens with one attached hydrogen (secondary N) is 2. The van der Waals surface area contributed by atoms with Crippen LogP contribution in [0.25, 0.3) is 28.4 Å². The lowest BCUT2D eigenvalue weighted by Gasteiger charge is -2.08. The molecule has 0 aliphatic carbocycles. The number of thiocarbonyl (C=S) groups is 1. The standard InChI is InChI=1S/C23H14Cl2N2O4S/c24-17-3-1-2-16(22(17)25)19-9-6-15(30-19)7-10-20(28)27-23(32)26-14-5-8-18-13(12-14)4-11-21(29)31-18/h1-12H,(H2,26,27,28,32). The number of fused-ring (bicyclic) bond motifs is 1. The molecule has 9 heteroatoms. The van der Waals surface area contributed by atoms with Crippen LogP contribution in [0.2, 0.25) is 10.0 Å². The molecule has 2 heterocycles. The van der Waals surface area contributed by atoms with Gasteiger partial charge in [0.1, 0.15) is 17.1 Å². The van der Waals surface area contributed by atoms with E-state index in [0.717, 1.165) is 5.39 Å². The van der Waals surface area contributed by atoms with Crippen molar-refractivity contribution >= 4 is 69.2 Å². The van der Waals surface area contributed by atoms with Gasteiger partial charge in [0, 0.05) is 28.8 Å². The first-order valence-corrected chi connectivity index (χ1v) is 10.4. The molecular formula is C23H14Cl2N2O4S. The molecule has 0 atom stereocenters. The fourth-order valence-corrected chi connectivity index (χ4v) is 3.52. The Kier molecular flexibility index (Phi) is 6.41. The number of rotatable bonds is 4. The Hall–Kier alpha value is -3.39. The summed E-state index contributed by atoms with van der Waals surface area (Å²) in [5.41, 5.74) is 1.32. The molecule has 2 N–H and O–H groups in total. The lowest BCUT2D eigenvalue weighted by molar-refractivity contribution is -0.115. The second-order valence-corrected chi connectivity index (χ2v) is 7.78. The van der Waals surface area contributed by atoms with Crippen molar-refractivity contribution in [2.75, 3.05) is 5.32 Å². The molecule has 4 rings (SSSR count). The van der Waals surface area contributed by atoms with E-state index in [1.165, 1.54) is 18.2 Å². The monoisotopic (exact) mass is 484 g/mol. The summed E-state index contributed by atoms with van der Waals surface area (Å²) in [5.74, 6) is 0.552. The summed E-state index contributed by atoms with van der Waals surface area (Å²) >= 11 is 17.4. The average molecular weight is 485 g/mol. The predicted molar refractivity (Wildman–Crippen MR) is 130 cm³/mol. The van der Waals surface area contributed by atoms with E-state index < -0.39 is 11.5 Å². The van der Waals surface area contributed by atoms with Gasteiger partial charge in [0.25, 0.3) is 0 Å². The fourth-order valence-electron chi connectivity index (χ4n) is 2.90. The summed E-state index contributed by atoms with van der Waals surface area (Å²) in [4.78, 5) is 23.4. The highest BCUT2D eigenvalue weighted by atomic mass is 35.5. The zero-order valence-electron chi connectivity index (χ0n) is 16.2. The van der Waals surface area contributed by atoms with Crippen molar-refractivity contribution in [3.05, 3.63) is 93.0 Å². The first kappa shape index (κ1) is 21.8. The molecule has 0 fully saturated rings. The van der Waals surface area contributed by atoms with Crippen LogP contribution in [0.1, 0.15) is 5.76 Å². The molecule has 1 amide bonds. The summed E-state index contributed by atoms with van der Waals surface area (Å²) < 4.78 is 10.8. The lowest BCUT2D eigenvalue weighted by Crippen LogP contribution is -2.32. The average Bonchev–Trinajstić information content (AvgIpc) is 3.23. The van der Waals surface area contributed by atoms with Gasteiger partial charge < -0.3 is 14.2 Å². The molecule has 0 saturated carbocycles. The van der Waals surface area contributed by atoms with Gasteiger partial charge in [0.2, 0.25) is 5.91 Å². The molecule has 160 valence electrons. The van der Waals surface area contributed by atoms with Crippen molar-refractivity contribution in [3.63, 3.8) is 0 Å². The number of hydrogen-bond acceptors (Lipinski definition) is 5. The Balaban J connectivity index is 1.38. The van der Waals surface area contributed by atoms with Crippen LogP contribution in [0, 0.1) is 0 Å². The molecular weight excluding hydrogens is 471 g/mol. The fraction of sp³-hybridized carbons (Fsp3) is 0. The smallest absolute Gasteiger partial charge is 0.336 e. The Morgan fingerprint density at radius 1 is 1.00 bits per heavy atom. The lowest BCUT2D eigenvalue weighted by atomic mass is 10.2. The number of benzene rings is 2. The van der Waals surface area contributed by atoms with Gasteiger partial charge in [-0.05, 0) is 66.8 Å². The maximum Gasteiger partial charge on any atom is 0.336 e. The molecule has 4 aromatic rings. The molecule has 32 heavy (non-hydrogen) atoms. The van der Waals surface area contributed by atoms with E-state index in [-0.39, 0.29) is 5.11 Å². The number of anilines is 1. The van der Waals surface area contributed by atoms with Crippen molar-refractivity contribution < 1.29 is 13.6 Å². The van der Waals surface area contributed by atoms with Crippen molar-refractivity contribution in [2.45, 2.75) is 0 Å². The van der Waals surface area contributed by atoms with Crippen LogP contribution < -0.4 is 16.3 Å². The number of hydrogen-bond donors (Lipinski definition) is 2. The Morgan fingerprint density at radius 2 is 1.84 bits per heavy atom. The van der Waals surface area contributed by atoms with E-state index in [4.69, 9.17) is 44.3 Å². The van der Waals surface area contributed by atoms with Crippen molar-refractivity contribution in [1.29, 1.82) is 0 Å². The van der Waals surface area contributed by atoms with E-state index in [1.54, 1.807) is 54.6 Å². The van der Waals surface area contributed by atoms with Gasteiger partial charge in [-0.2, -0.15) is 0 Å². The number of halogens is 2. The van der Waals surface area contributed by atoms with Crippen molar-refractivity contribution in [1.82, 2.24) is 5.32 Å². The quantitative estimate of drug-likeness (QED) is 0.213. The van der Waals surface area contributed by atoms with E-state index in [0.29, 0.717) is 38.4 Å². The Morgan fingerprint density at radius 3 is 2.69 bits per heavy atom. The third kappa shape index (κ3) is 5.08. The SMILES string of the molecule is O=C(C=Cc1ccc(-c2cccc(Cl)c2Cl)o1)NC(=S)Nc1ccc2oc(=O)ccc2c1. The van der Waals surface area contributed by atoms with Crippen LogP contribution in [-0.4, -0.2) is 11.0 Å². The Bertz CT molecular complexity index is 1430. The van der Waals surface area contributed by atoms with Crippen LogP contribution in [0.3, 0.4) is 0 Å². The third-order valence-electron chi connectivity index (χ3n) is 4.36. The number of amides is 1. The van der Waals surface area contributed by atoms with Gasteiger partial charge in [-0.3, -0.25) is 10.1 Å². The van der Waals surface area contributed by atoms with E-state index in [9.17, 15) is 9.59 Å². The van der Waals surface area contributed by atoms with E-state index in [2.05, 4.69) is 10.6 Å². The summed E-state index contributed by atoms with van der Waals surface area (Å²) in [7, 11) is 0. The highest BCUT2D eigenvalue weighted by Crippen LogP contribution is 2.34. The molecule has 0 aliphatic heterocycles. The summed E-state index contributed by atoms with van der Waals surface area (Å²) in [6.07, 6.45) is 2.81. The minimum atomic E-state index is -0.437. The first-order chi connectivity index (χ1) is 15.4. The first-order valence-electron chi connectivity index (χ1n) is 9.27. The molecule has 0 spiro atoms. The maximum absolute atomic E-state index is 12.2. The van der Waals surface area contributed by atoms with E-state index in [1.807, 2.05) is 0 Å². The molecule has 0 aliphatic rings. The minimum absolute atomic E-state index is 0.113. The summed E-state index contributed by atoms with van der Waals surface area (Å²) in [6.45, 7) is 0. The summed E-state index contributed by atoms with van der Waals surface area (Å²) in [6, 6.07) is 16.7. The van der Waals surface area contributed by atoms with Crippen LogP contribution in [-0.2, 0) is 4.79 Å². The second kappa shape index (κ2) is 9.40. The highest BCUT2D eigenvalue weighted by molar-refractivity contribution is 7.80. The minimum Gasteiger partial charge on any atom is -0.457 e. The van der Waals surface area contributed by atoms with Gasteiger partial charge in [0.05, 0.1) is 10.0 Å². The van der Waals surface area contributed by atoms with Crippen LogP contribution >= 0.6 is 35.4 Å². The van der Waals surface area contributed by atoms with Gasteiger partial charge in [-0.25, -0.2) is 4.79 Å². The molecule has 2 aromatic heterocycles. The van der Waals surface area contributed by atoms with Crippen molar-refractivity contribution in [2.24, 2.45) is 0 Å². The topological polar surface area (TPSA) is 84.5 Å². The Labute approximate surface area is 197 Å². The number of carbonyl (C=O) groups excluding carboxylic acids is 1. The van der Waals surface area contributed by atoms with Gasteiger partial charge in [-0.1, -0.05) is 29.3 Å². The van der Waals surface area contributed by atoms with Gasteiger partial charge in [0.15, 0.2) is 5.11 Å². The molecule has 6 nitrogen and oxygen atoms in total.